The minimum atomic E-state index is -1.00. The zero-order chi connectivity index (χ0) is 29.4. The van der Waals surface area contributed by atoms with Crippen molar-refractivity contribution in [3.63, 3.8) is 0 Å². The lowest BCUT2D eigenvalue weighted by Crippen LogP contribution is -2.40. The number of aryl methyl sites for hydroxylation is 1. The van der Waals surface area contributed by atoms with E-state index in [4.69, 9.17) is 9.15 Å². The van der Waals surface area contributed by atoms with Gasteiger partial charge in [0.1, 0.15) is 11.5 Å². The fourth-order valence-corrected chi connectivity index (χ4v) is 5.59. The summed E-state index contributed by atoms with van der Waals surface area (Å²) in [6.45, 7) is 4.98. The molecular weight excluding hydrogens is 552 g/mol. The van der Waals surface area contributed by atoms with E-state index in [9.17, 15) is 29.8 Å². The van der Waals surface area contributed by atoms with Gasteiger partial charge < -0.3 is 9.15 Å². The third-order valence-corrected chi connectivity index (χ3v) is 7.51. The molecule has 208 valence electrons. The molecule has 2 aromatic carbocycles. The largest absolute Gasteiger partial charge is 0.463 e. The van der Waals surface area contributed by atoms with E-state index in [1.165, 1.54) is 28.8 Å². The van der Waals surface area contributed by atoms with E-state index in [1.807, 2.05) is 0 Å². The maximum absolute atomic E-state index is 13.8. The molecule has 1 aliphatic rings. The second-order valence-electron chi connectivity index (χ2n) is 9.11. The van der Waals surface area contributed by atoms with Crippen molar-refractivity contribution in [1.82, 2.24) is 4.57 Å². The van der Waals surface area contributed by atoms with Gasteiger partial charge in [0.25, 0.3) is 16.9 Å². The smallest absolute Gasteiger partial charge is 0.338 e. The lowest BCUT2D eigenvalue weighted by Gasteiger charge is -2.24. The van der Waals surface area contributed by atoms with Crippen LogP contribution < -0.4 is 14.9 Å². The van der Waals surface area contributed by atoms with Crippen molar-refractivity contribution in [1.29, 1.82) is 0 Å². The first-order valence-corrected chi connectivity index (χ1v) is 13.2. The van der Waals surface area contributed by atoms with Crippen LogP contribution in [0, 0.1) is 27.2 Å². The van der Waals surface area contributed by atoms with Crippen LogP contribution in [0.4, 0.5) is 11.4 Å². The number of fused-ring (bicyclic) bond motifs is 1. The number of benzene rings is 2. The van der Waals surface area contributed by atoms with Crippen molar-refractivity contribution in [3.8, 4) is 11.3 Å². The molecular formula is C28H22N4O8S. The fourth-order valence-electron chi connectivity index (χ4n) is 4.56. The molecule has 0 spiro atoms. The van der Waals surface area contributed by atoms with Gasteiger partial charge in [0.15, 0.2) is 4.80 Å². The SMILES string of the molecule is CCOC(=O)C1=C(C)N=c2s/c(=C/c3ccc(-c4ccc([N+](=O)[O-])cc4)o3)c(=O)n2[C@@H]1c1ccc(C)c([N+](=O)[O-])c1. The van der Waals surface area contributed by atoms with Gasteiger partial charge in [-0.3, -0.25) is 29.6 Å². The van der Waals surface area contributed by atoms with Crippen molar-refractivity contribution in [3.05, 3.63) is 123 Å². The Hall–Kier alpha value is -5.17. The Morgan fingerprint density at radius 3 is 2.49 bits per heavy atom. The van der Waals surface area contributed by atoms with Crippen molar-refractivity contribution >= 4 is 34.8 Å². The summed E-state index contributed by atoms with van der Waals surface area (Å²) in [7, 11) is 0. The standard InChI is InChI=1S/C28H22N4O8S/c1-4-39-27(34)24-16(3)29-28-30(25(24)18-6-5-15(2)21(13-18)32(37)38)26(33)23(41-28)14-20-11-12-22(40-20)17-7-9-19(10-8-17)31(35)36/h5-14,25H,4H2,1-3H3/b23-14+/t25-/m1/s1. The molecule has 0 fully saturated rings. The summed E-state index contributed by atoms with van der Waals surface area (Å²) in [4.78, 5) is 53.2. The zero-order valence-electron chi connectivity index (χ0n) is 22.0. The highest BCUT2D eigenvalue weighted by atomic mass is 32.1. The molecule has 0 N–H and O–H groups in total. The number of nitro groups is 2. The van der Waals surface area contributed by atoms with Gasteiger partial charge in [-0.15, -0.1) is 0 Å². The third-order valence-electron chi connectivity index (χ3n) is 6.53. The fraction of sp³-hybridized carbons (Fsp3) is 0.179. The molecule has 1 atom stereocenters. The van der Waals surface area contributed by atoms with Crippen LogP contribution in [0.5, 0.6) is 0 Å². The van der Waals surface area contributed by atoms with Gasteiger partial charge in [-0.1, -0.05) is 23.5 Å². The monoisotopic (exact) mass is 574 g/mol. The van der Waals surface area contributed by atoms with Crippen LogP contribution in [0.15, 0.2) is 80.1 Å². The number of ether oxygens (including phenoxy) is 1. The average Bonchev–Trinajstić information content (AvgIpc) is 3.52. The second kappa shape index (κ2) is 10.8. The van der Waals surface area contributed by atoms with Gasteiger partial charge in [-0.25, -0.2) is 9.79 Å². The molecule has 0 radical (unpaired) electrons. The number of nitro benzene ring substituents is 2. The van der Waals surface area contributed by atoms with E-state index in [2.05, 4.69) is 4.99 Å². The highest BCUT2D eigenvalue weighted by molar-refractivity contribution is 7.07. The molecule has 12 nitrogen and oxygen atoms in total. The maximum Gasteiger partial charge on any atom is 0.338 e. The van der Waals surface area contributed by atoms with Crippen LogP contribution in [-0.2, 0) is 9.53 Å². The number of thiazole rings is 1. The Labute approximate surface area is 235 Å². The number of nitrogens with zero attached hydrogens (tertiary/aromatic N) is 4. The molecule has 0 unspecified atom stereocenters. The van der Waals surface area contributed by atoms with Crippen molar-refractivity contribution in [2.45, 2.75) is 26.8 Å². The van der Waals surface area contributed by atoms with E-state index < -0.39 is 27.4 Å². The van der Waals surface area contributed by atoms with Gasteiger partial charge in [0, 0.05) is 35.4 Å². The number of furan rings is 1. The lowest BCUT2D eigenvalue weighted by atomic mass is 9.94. The predicted octanol–water partition coefficient (Wildman–Crippen LogP) is 4.18. The first-order valence-electron chi connectivity index (χ1n) is 12.4. The van der Waals surface area contributed by atoms with Gasteiger partial charge in [0.05, 0.1) is 38.3 Å². The van der Waals surface area contributed by atoms with Gasteiger partial charge in [0.2, 0.25) is 0 Å². The molecule has 4 aromatic rings. The normalized spacial score (nSPS) is 14.9. The Morgan fingerprint density at radius 1 is 1.10 bits per heavy atom. The lowest BCUT2D eigenvalue weighted by molar-refractivity contribution is -0.385. The van der Waals surface area contributed by atoms with Crippen LogP contribution in [-0.4, -0.2) is 27.0 Å². The number of carbonyl (C=O) groups excluding carboxylic acids is 1. The van der Waals surface area contributed by atoms with Crippen LogP contribution in [0.2, 0.25) is 0 Å². The molecule has 5 rings (SSSR count). The second-order valence-corrected chi connectivity index (χ2v) is 10.1. The van der Waals surface area contributed by atoms with Crippen LogP contribution in [0.3, 0.4) is 0 Å². The highest BCUT2D eigenvalue weighted by Gasteiger charge is 2.34. The molecule has 0 bridgehead atoms. The number of hydrogen-bond donors (Lipinski definition) is 0. The molecule has 0 amide bonds. The van der Waals surface area contributed by atoms with E-state index in [0.717, 1.165) is 11.3 Å². The number of aromatic nitrogens is 1. The van der Waals surface area contributed by atoms with E-state index in [0.29, 0.717) is 38.7 Å². The molecule has 3 heterocycles. The molecule has 41 heavy (non-hydrogen) atoms. The summed E-state index contributed by atoms with van der Waals surface area (Å²) in [6, 6.07) is 12.8. The Balaban J connectivity index is 1.63. The molecule has 13 heteroatoms. The van der Waals surface area contributed by atoms with E-state index in [1.54, 1.807) is 57.2 Å². The molecule has 0 saturated heterocycles. The Bertz CT molecular complexity index is 1930. The van der Waals surface area contributed by atoms with Gasteiger partial charge in [-0.2, -0.15) is 0 Å². The topological polar surface area (TPSA) is 160 Å². The number of esters is 1. The van der Waals surface area contributed by atoms with Crippen LogP contribution in [0.25, 0.3) is 17.4 Å². The summed E-state index contributed by atoms with van der Waals surface area (Å²) in [6.07, 6.45) is 1.54. The molecule has 0 saturated carbocycles. The predicted molar refractivity (Wildman–Crippen MR) is 149 cm³/mol. The average molecular weight is 575 g/mol. The number of non-ortho nitro benzene ring substituents is 1. The number of allylic oxidation sites excluding steroid dienone is 1. The first-order chi connectivity index (χ1) is 19.6. The van der Waals surface area contributed by atoms with E-state index >= 15 is 0 Å². The summed E-state index contributed by atoms with van der Waals surface area (Å²) in [5, 5.41) is 22.6. The van der Waals surface area contributed by atoms with Gasteiger partial charge in [-0.05, 0) is 50.6 Å². The number of carbonyl (C=O) groups is 1. The maximum atomic E-state index is 13.8. The summed E-state index contributed by atoms with van der Waals surface area (Å²) < 4.78 is 12.7. The number of hydrogen-bond acceptors (Lipinski definition) is 10. The van der Waals surface area contributed by atoms with Crippen molar-refractivity contribution in [2.75, 3.05) is 6.61 Å². The van der Waals surface area contributed by atoms with Crippen LogP contribution in [0.1, 0.15) is 36.8 Å². The third kappa shape index (κ3) is 5.10. The summed E-state index contributed by atoms with van der Waals surface area (Å²) in [5.74, 6) is 0.131. The Morgan fingerprint density at radius 2 is 1.83 bits per heavy atom. The molecule has 0 aliphatic carbocycles. The van der Waals surface area contributed by atoms with Crippen molar-refractivity contribution < 1.29 is 23.8 Å². The molecule has 1 aliphatic heterocycles. The summed E-state index contributed by atoms with van der Waals surface area (Å²) in [5.41, 5.74) is 1.21. The summed E-state index contributed by atoms with van der Waals surface area (Å²) >= 11 is 1.08. The zero-order valence-corrected chi connectivity index (χ0v) is 22.8. The van der Waals surface area contributed by atoms with Gasteiger partial charge >= 0.3 is 5.97 Å². The van der Waals surface area contributed by atoms with E-state index in [-0.39, 0.29) is 28.1 Å². The number of rotatable bonds is 7. The quantitative estimate of drug-likeness (QED) is 0.180. The molecule has 2 aromatic heterocycles. The first kappa shape index (κ1) is 27.4. The Kier molecular flexibility index (Phi) is 7.20. The minimum Gasteiger partial charge on any atom is -0.463 e. The van der Waals surface area contributed by atoms with Crippen LogP contribution >= 0.6 is 11.3 Å². The highest BCUT2D eigenvalue weighted by Crippen LogP contribution is 2.33. The minimum absolute atomic E-state index is 0.0485. The van der Waals surface area contributed by atoms with Crippen molar-refractivity contribution in [2.24, 2.45) is 4.99 Å².